The molecule has 0 fully saturated rings. The molecule has 0 amide bonds. The predicted octanol–water partition coefficient (Wildman–Crippen LogP) is 0.860. The van der Waals surface area contributed by atoms with Crippen molar-refractivity contribution >= 4 is 11.7 Å². The lowest BCUT2D eigenvalue weighted by molar-refractivity contribution is 0.101. The van der Waals surface area contributed by atoms with Crippen LogP contribution in [0.5, 0.6) is 11.6 Å². The number of aromatic nitrogens is 2. The van der Waals surface area contributed by atoms with Gasteiger partial charge in [0.15, 0.2) is 5.78 Å². The lowest BCUT2D eigenvalue weighted by atomic mass is 10.0. The van der Waals surface area contributed by atoms with Crippen molar-refractivity contribution in [3.05, 3.63) is 45.2 Å². The first kappa shape index (κ1) is 14.6. The van der Waals surface area contributed by atoms with E-state index in [0.717, 1.165) is 0 Å². The highest BCUT2D eigenvalue weighted by molar-refractivity contribution is 5.94. The number of nitrogen functional groups attached to an aromatic ring is 1. The van der Waals surface area contributed by atoms with Gasteiger partial charge in [-0.25, -0.2) is 0 Å². The van der Waals surface area contributed by atoms with E-state index in [-0.39, 0.29) is 23.7 Å². The van der Waals surface area contributed by atoms with Gasteiger partial charge in [-0.05, 0) is 30.7 Å². The second-order valence-electron chi connectivity index (χ2n) is 4.51. The van der Waals surface area contributed by atoms with Crippen LogP contribution in [0.4, 0.5) is 5.95 Å². The number of ether oxygens (including phenoxy) is 1. The Morgan fingerprint density at radius 1 is 1.48 bits per heavy atom. The minimum atomic E-state index is -0.532. The number of aromatic hydroxyl groups is 1. The summed E-state index contributed by atoms with van der Waals surface area (Å²) in [5, 5.41) is 9.76. The van der Waals surface area contributed by atoms with Crippen molar-refractivity contribution in [2.24, 2.45) is 0 Å². The molecule has 0 unspecified atom stereocenters. The zero-order chi connectivity index (χ0) is 15.6. The standard InChI is InChI=1S/C14H15N3O4/c1-7(18)8-3-4-11(21-2)9(5-8)6-10-12(19)16-14(15)17-13(10)20/h3-5H,6H2,1-2H3,(H4,15,16,17,19,20). The summed E-state index contributed by atoms with van der Waals surface area (Å²) < 4.78 is 5.21. The van der Waals surface area contributed by atoms with E-state index in [0.29, 0.717) is 16.9 Å². The largest absolute Gasteiger partial charge is 0.496 e. The molecule has 1 aromatic carbocycles. The average molecular weight is 289 g/mol. The number of methoxy groups -OCH3 is 1. The number of aromatic amines is 1. The number of ketones is 1. The van der Waals surface area contributed by atoms with E-state index in [4.69, 9.17) is 10.5 Å². The maximum absolute atomic E-state index is 11.8. The Morgan fingerprint density at radius 3 is 2.76 bits per heavy atom. The zero-order valence-corrected chi connectivity index (χ0v) is 11.6. The van der Waals surface area contributed by atoms with Gasteiger partial charge in [0.1, 0.15) is 5.75 Å². The van der Waals surface area contributed by atoms with Crippen molar-refractivity contribution in [2.75, 3.05) is 12.8 Å². The van der Waals surface area contributed by atoms with Gasteiger partial charge in [-0.2, -0.15) is 4.98 Å². The Morgan fingerprint density at radius 2 is 2.19 bits per heavy atom. The highest BCUT2D eigenvalue weighted by atomic mass is 16.5. The molecule has 4 N–H and O–H groups in total. The number of benzene rings is 1. The van der Waals surface area contributed by atoms with E-state index in [1.807, 2.05) is 0 Å². The van der Waals surface area contributed by atoms with Gasteiger partial charge in [-0.1, -0.05) is 0 Å². The van der Waals surface area contributed by atoms with Gasteiger partial charge in [0.2, 0.25) is 11.8 Å². The summed E-state index contributed by atoms with van der Waals surface area (Å²) in [5.41, 5.74) is 5.96. The Labute approximate surface area is 120 Å². The highest BCUT2D eigenvalue weighted by Crippen LogP contribution is 2.24. The number of carbonyl (C=O) groups excluding carboxylic acids is 1. The summed E-state index contributed by atoms with van der Waals surface area (Å²) in [6.45, 7) is 1.45. The Balaban J connectivity index is 2.50. The fourth-order valence-corrected chi connectivity index (χ4v) is 1.99. The second kappa shape index (κ2) is 5.66. The molecule has 1 aromatic heterocycles. The first-order valence-corrected chi connectivity index (χ1v) is 6.18. The van der Waals surface area contributed by atoms with Crippen molar-refractivity contribution in [3.63, 3.8) is 0 Å². The van der Waals surface area contributed by atoms with E-state index in [9.17, 15) is 14.7 Å². The van der Waals surface area contributed by atoms with Crippen LogP contribution >= 0.6 is 0 Å². The summed E-state index contributed by atoms with van der Waals surface area (Å²) in [5.74, 6) is -0.194. The molecule has 7 nitrogen and oxygen atoms in total. The summed E-state index contributed by atoms with van der Waals surface area (Å²) >= 11 is 0. The fraction of sp³-hybridized carbons (Fsp3) is 0.214. The lowest BCUT2D eigenvalue weighted by Gasteiger charge is -2.10. The Bertz CT molecular complexity index is 752. The van der Waals surface area contributed by atoms with Gasteiger partial charge in [0.05, 0.1) is 12.7 Å². The quantitative estimate of drug-likeness (QED) is 0.718. The van der Waals surface area contributed by atoms with Crippen LogP contribution in [-0.4, -0.2) is 28.0 Å². The van der Waals surface area contributed by atoms with Crippen LogP contribution in [0.2, 0.25) is 0 Å². The molecule has 2 rings (SSSR count). The van der Waals surface area contributed by atoms with Crippen LogP contribution in [0, 0.1) is 0 Å². The van der Waals surface area contributed by atoms with Crippen molar-refractivity contribution < 1.29 is 14.6 Å². The topological polar surface area (TPSA) is 118 Å². The summed E-state index contributed by atoms with van der Waals surface area (Å²) in [4.78, 5) is 29.2. The van der Waals surface area contributed by atoms with Crippen LogP contribution in [-0.2, 0) is 6.42 Å². The van der Waals surface area contributed by atoms with Crippen LogP contribution in [0.15, 0.2) is 23.0 Å². The van der Waals surface area contributed by atoms with E-state index in [2.05, 4.69) is 9.97 Å². The molecule has 21 heavy (non-hydrogen) atoms. The smallest absolute Gasteiger partial charge is 0.259 e. The molecule has 0 atom stereocenters. The Hall–Kier alpha value is -2.83. The molecule has 1 heterocycles. The maximum atomic E-state index is 11.8. The molecular weight excluding hydrogens is 274 g/mol. The number of H-pyrrole nitrogens is 1. The molecule has 0 saturated heterocycles. The number of rotatable bonds is 4. The van der Waals surface area contributed by atoms with Crippen molar-refractivity contribution in [1.82, 2.24) is 9.97 Å². The van der Waals surface area contributed by atoms with Gasteiger partial charge >= 0.3 is 0 Å². The van der Waals surface area contributed by atoms with E-state index in [1.54, 1.807) is 18.2 Å². The number of nitrogens with zero attached hydrogens (tertiary/aromatic N) is 1. The normalized spacial score (nSPS) is 10.4. The van der Waals surface area contributed by atoms with Crippen LogP contribution < -0.4 is 16.0 Å². The van der Waals surface area contributed by atoms with Gasteiger partial charge in [-0.15, -0.1) is 0 Å². The van der Waals surface area contributed by atoms with Crippen molar-refractivity contribution in [2.45, 2.75) is 13.3 Å². The molecule has 2 aromatic rings. The molecule has 0 aliphatic carbocycles. The highest BCUT2D eigenvalue weighted by Gasteiger charge is 2.14. The minimum Gasteiger partial charge on any atom is -0.496 e. The van der Waals surface area contributed by atoms with Crippen molar-refractivity contribution in [3.8, 4) is 11.6 Å². The van der Waals surface area contributed by atoms with Gasteiger partial charge in [0, 0.05) is 12.0 Å². The van der Waals surface area contributed by atoms with Crippen molar-refractivity contribution in [1.29, 1.82) is 0 Å². The lowest BCUT2D eigenvalue weighted by Crippen LogP contribution is -2.17. The van der Waals surface area contributed by atoms with E-state index >= 15 is 0 Å². The van der Waals surface area contributed by atoms with Crippen LogP contribution in [0.1, 0.15) is 28.4 Å². The Kier molecular flexibility index (Phi) is 3.93. The predicted molar refractivity (Wildman–Crippen MR) is 76.7 cm³/mol. The van der Waals surface area contributed by atoms with E-state index in [1.165, 1.54) is 14.0 Å². The van der Waals surface area contributed by atoms with Crippen LogP contribution in [0.3, 0.4) is 0 Å². The fourth-order valence-electron chi connectivity index (χ4n) is 1.99. The maximum Gasteiger partial charge on any atom is 0.259 e. The molecule has 0 saturated carbocycles. The minimum absolute atomic E-state index is 0.0585. The number of nitrogens with one attached hydrogen (secondary N) is 1. The third-order valence-corrected chi connectivity index (χ3v) is 3.07. The zero-order valence-electron chi connectivity index (χ0n) is 11.6. The number of nitrogens with two attached hydrogens (primary N) is 1. The number of anilines is 1. The third-order valence-electron chi connectivity index (χ3n) is 3.07. The average Bonchev–Trinajstić information content (AvgIpc) is 2.42. The van der Waals surface area contributed by atoms with Gasteiger partial charge in [0.25, 0.3) is 5.56 Å². The number of carbonyl (C=O) groups is 1. The SMILES string of the molecule is COc1ccc(C(C)=O)cc1Cc1c(O)nc(N)[nH]c1=O. The molecule has 110 valence electrons. The molecule has 0 radical (unpaired) electrons. The summed E-state index contributed by atoms with van der Waals surface area (Å²) in [6.07, 6.45) is 0.0682. The summed E-state index contributed by atoms with van der Waals surface area (Å²) in [6, 6.07) is 4.90. The first-order chi connectivity index (χ1) is 9.92. The first-order valence-electron chi connectivity index (χ1n) is 6.18. The molecule has 7 heteroatoms. The molecule has 0 aliphatic rings. The number of hydrogen-bond donors (Lipinski definition) is 3. The van der Waals surface area contributed by atoms with Gasteiger partial charge in [-0.3, -0.25) is 14.6 Å². The second-order valence-corrected chi connectivity index (χ2v) is 4.51. The summed E-state index contributed by atoms with van der Waals surface area (Å²) in [7, 11) is 1.48. The number of Topliss-reactive ketones (excluding diaryl/α,β-unsaturated/α-hetero) is 1. The molecular formula is C14H15N3O4. The van der Waals surface area contributed by atoms with Crippen LogP contribution in [0.25, 0.3) is 0 Å². The van der Waals surface area contributed by atoms with E-state index < -0.39 is 11.4 Å². The molecule has 0 aliphatic heterocycles. The van der Waals surface area contributed by atoms with Gasteiger partial charge < -0.3 is 15.6 Å². The third kappa shape index (κ3) is 3.02. The molecule has 0 spiro atoms. The monoisotopic (exact) mass is 289 g/mol. The molecule has 0 bridgehead atoms. The number of hydrogen-bond acceptors (Lipinski definition) is 6.